The molecule has 1 aromatic heterocycles. The number of carboxylic acid groups (broad SMARTS) is 1. The van der Waals surface area contributed by atoms with Crippen LogP contribution >= 0.6 is 0 Å². The predicted octanol–water partition coefficient (Wildman–Crippen LogP) is 1.04. The van der Waals surface area contributed by atoms with E-state index in [1.165, 1.54) is 12.4 Å². The van der Waals surface area contributed by atoms with E-state index in [1.807, 2.05) is 25.8 Å². The van der Waals surface area contributed by atoms with Crippen molar-refractivity contribution >= 4 is 11.8 Å². The molecule has 17 heavy (non-hydrogen) atoms. The van der Waals surface area contributed by atoms with E-state index < -0.39 is 5.97 Å². The quantitative estimate of drug-likeness (QED) is 0.799. The minimum atomic E-state index is -1.08. The Bertz CT molecular complexity index is 382. The van der Waals surface area contributed by atoms with Gasteiger partial charge in [0.15, 0.2) is 5.69 Å². The zero-order valence-corrected chi connectivity index (χ0v) is 10.3. The van der Waals surface area contributed by atoms with Crippen LogP contribution in [0.3, 0.4) is 0 Å². The van der Waals surface area contributed by atoms with Gasteiger partial charge in [-0.1, -0.05) is 0 Å². The number of aromatic carboxylic acids is 1. The lowest BCUT2D eigenvalue weighted by molar-refractivity contribution is 0.0690. The third kappa shape index (κ3) is 4.36. The zero-order valence-electron chi connectivity index (χ0n) is 10.3. The molecule has 0 saturated carbocycles. The third-order valence-electron chi connectivity index (χ3n) is 2.11. The molecule has 6 nitrogen and oxygen atoms in total. The summed E-state index contributed by atoms with van der Waals surface area (Å²) < 4.78 is 5.41. The number of carboxylic acids is 1. The summed E-state index contributed by atoms with van der Waals surface area (Å²) in [4.78, 5) is 20.4. The van der Waals surface area contributed by atoms with Crippen LogP contribution in [0.2, 0.25) is 0 Å². The molecule has 0 spiro atoms. The molecular formula is C11H17N3O3. The minimum Gasteiger partial charge on any atom is -0.476 e. The summed E-state index contributed by atoms with van der Waals surface area (Å²) in [6.07, 6.45) is 2.94. The Morgan fingerprint density at radius 3 is 2.82 bits per heavy atom. The van der Waals surface area contributed by atoms with E-state index in [-0.39, 0.29) is 11.8 Å². The molecular weight excluding hydrogens is 222 g/mol. The molecule has 1 rings (SSSR count). The molecule has 0 aromatic carbocycles. The second-order valence-corrected chi connectivity index (χ2v) is 3.91. The molecule has 0 amide bonds. The van der Waals surface area contributed by atoms with Gasteiger partial charge in [-0.3, -0.25) is 4.98 Å². The van der Waals surface area contributed by atoms with Crippen LogP contribution in [-0.2, 0) is 4.74 Å². The van der Waals surface area contributed by atoms with E-state index in [2.05, 4.69) is 9.97 Å². The number of aromatic nitrogens is 2. The Morgan fingerprint density at radius 1 is 1.53 bits per heavy atom. The molecule has 0 aliphatic rings. The van der Waals surface area contributed by atoms with Gasteiger partial charge < -0.3 is 14.7 Å². The maximum absolute atomic E-state index is 10.7. The van der Waals surface area contributed by atoms with E-state index in [9.17, 15) is 4.79 Å². The van der Waals surface area contributed by atoms with Crippen LogP contribution in [0.15, 0.2) is 12.4 Å². The molecule has 0 aliphatic heterocycles. The number of anilines is 1. The van der Waals surface area contributed by atoms with Crippen molar-refractivity contribution in [2.75, 3.05) is 25.1 Å². The van der Waals surface area contributed by atoms with E-state index in [4.69, 9.17) is 9.84 Å². The fourth-order valence-electron chi connectivity index (χ4n) is 1.18. The molecule has 94 valence electrons. The van der Waals surface area contributed by atoms with Crippen molar-refractivity contribution in [2.45, 2.75) is 20.0 Å². The summed E-state index contributed by atoms with van der Waals surface area (Å²) in [7, 11) is 1.82. The summed E-state index contributed by atoms with van der Waals surface area (Å²) in [6, 6.07) is 0. The fraction of sp³-hybridized carbons (Fsp3) is 0.545. The number of nitrogens with zero attached hydrogens (tertiary/aromatic N) is 3. The lowest BCUT2D eigenvalue weighted by Crippen LogP contribution is -2.25. The lowest BCUT2D eigenvalue weighted by Gasteiger charge is -2.18. The zero-order chi connectivity index (χ0) is 12.8. The Hall–Kier alpha value is -1.69. The average molecular weight is 239 g/mol. The van der Waals surface area contributed by atoms with Gasteiger partial charge in [-0.2, -0.15) is 0 Å². The maximum atomic E-state index is 10.7. The van der Waals surface area contributed by atoms with E-state index in [0.29, 0.717) is 19.0 Å². The van der Waals surface area contributed by atoms with Crippen LogP contribution in [-0.4, -0.2) is 47.3 Å². The lowest BCUT2D eigenvalue weighted by atomic mass is 10.4. The van der Waals surface area contributed by atoms with Crippen molar-refractivity contribution in [1.29, 1.82) is 0 Å². The van der Waals surface area contributed by atoms with Crippen LogP contribution in [0.4, 0.5) is 5.82 Å². The molecule has 1 heterocycles. The Kier molecular flexibility index (Phi) is 4.84. The Balaban J connectivity index is 2.59. The third-order valence-corrected chi connectivity index (χ3v) is 2.11. The van der Waals surface area contributed by atoms with Gasteiger partial charge in [-0.05, 0) is 13.8 Å². The molecule has 0 bridgehead atoms. The van der Waals surface area contributed by atoms with Crippen molar-refractivity contribution in [1.82, 2.24) is 9.97 Å². The Morgan fingerprint density at radius 2 is 2.24 bits per heavy atom. The van der Waals surface area contributed by atoms with Crippen molar-refractivity contribution in [3.8, 4) is 0 Å². The van der Waals surface area contributed by atoms with Gasteiger partial charge >= 0.3 is 5.97 Å². The van der Waals surface area contributed by atoms with Gasteiger partial charge in [0.25, 0.3) is 0 Å². The largest absolute Gasteiger partial charge is 0.476 e. The highest BCUT2D eigenvalue weighted by Gasteiger charge is 2.09. The highest BCUT2D eigenvalue weighted by atomic mass is 16.5. The normalized spacial score (nSPS) is 10.6. The number of carbonyl (C=O) groups is 1. The average Bonchev–Trinajstić information content (AvgIpc) is 2.28. The first-order valence-corrected chi connectivity index (χ1v) is 5.38. The van der Waals surface area contributed by atoms with E-state index in [0.717, 1.165) is 0 Å². The SMILES string of the molecule is CC(C)OCCN(C)c1cncc(C(=O)O)n1. The molecule has 0 atom stereocenters. The molecule has 1 N–H and O–H groups in total. The summed E-state index contributed by atoms with van der Waals surface area (Å²) in [5.74, 6) is -0.552. The first-order valence-electron chi connectivity index (χ1n) is 5.38. The summed E-state index contributed by atoms with van der Waals surface area (Å²) in [6.45, 7) is 5.12. The van der Waals surface area contributed by atoms with Crippen LogP contribution in [0.5, 0.6) is 0 Å². The van der Waals surface area contributed by atoms with Crippen LogP contribution in [0.1, 0.15) is 24.3 Å². The van der Waals surface area contributed by atoms with Crippen molar-refractivity contribution in [3.63, 3.8) is 0 Å². The number of likely N-dealkylation sites (N-methyl/N-ethyl adjacent to an activating group) is 1. The molecule has 0 fully saturated rings. The molecule has 0 unspecified atom stereocenters. The maximum Gasteiger partial charge on any atom is 0.356 e. The van der Waals surface area contributed by atoms with Gasteiger partial charge in [0.05, 0.1) is 25.1 Å². The van der Waals surface area contributed by atoms with Crippen LogP contribution in [0, 0.1) is 0 Å². The molecule has 1 aromatic rings. The van der Waals surface area contributed by atoms with Crippen molar-refractivity contribution in [2.24, 2.45) is 0 Å². The summed E-state index contributed by atoms with van der Waals surface area (Å²) in [5.41, 5.74) is -0.0564. The second-order valence-electron chi connectivity index (χ2n) is 3.91. The molecule has 0 radical (unpaired) electrons. The van der Waals surface area contributed by atoms with E-state index in [1.54, 1.807) is 0 Å². The van der Waals surface area contributed by atoms with E-state index >= 15 is 0 Å². The number of hydrogen-bond donors (Lipinski definition) is 1. The van der Waals surface area contributed by atoms with Gasteiger partial charge in [-0.15, -0.1) is 0 Å². The first-order chi connectivity index (χ1) is 8.00. The van der Waals surface area contributed by atoms with Gasteiger partial charge in [0.2, 0.25) is 0 Å². The fourth-order valence-corrected chi connectivity index (χ4v) is 1.18. The molecule has 0 saturated heterocycles. The highest BCUT2D eigenvalue weighted by Crippen LogP contribution is 2.07. The minimum absolute atomic E-state index is 0.0564. The van der Waals surface area contributed by atoms with Crippen LogP contribution in [0.25, 0.3) is 0 Å². The smallest absolute Gasteiger partial charge is 0.356 e. The number of rotatable bonds is 6. The monoisotopic (exact) mass is 239 g/mol. The van der Waals surface area contributed by atoms with Gasteiger partial charge in [0.1, 0.15) is 5.82 Å². The Labute approximate surface area is 100 Å². The highest BCUT2D eigenvalue weighted by molar-refractivity contribution is 5.85. The number of ether oxygens (including phenoxy) is 1. The molecule has 6 heteroatoms. The summed E-state index contributed by atoms with van der Waals surface area (Å²) in [5, 5.41) is 8.79. The van der Waals surface area contributed by atoms with Crippen LogP contribution < -0.4 is 4.90 Å². The number of hydrogen-bond acceptors (Lipinski definition) is 5. The van der Waals surface area contributed by atoms with Crippen molar-refractivity contribution in [3.05, 3.63) is 18.1 Å². The van der Waals surface area contributed by atoms with Gasteiger partial charge in [-0.25, -0.2) is 9.78 Å². The second kappa shape index (κ2) is 6.15. The van der Waals surface area contributed by atoms with Crippen molar-refractivity contribution < 1.29 is 14.6 Å². The van der Waals surface area contributed by atoms with Gasteiger partial charge in [0, 0.05) is 13.6 Å². The first kappa shape index (κ1) is 13.4. The summed E-state index contributed by atoms with van der Waals surface area (Å²) >= 11 is 0. The standard InChI is InChI=1S/C11H17N3O3/c1-8(2)17-5-4-14(3)10-7-12-6-9(13-10)11(15)16/h6-8H,4-5H2,1-3H3,(H,15,16). The predicted molar refractivity (Wildman–Crippen MR) is 63.3 cm³/mol. The molecule has 0 aliphatic carbocycles. The topological polar surface area (TPSA) is 75.5 Å².